The number of esters is 1. The molecule has 1 N–H and O–H groups in total. The van der Waals surface area contributed by atoms with E-state index in [4.69, 9.17) is 9.47 Å². The Hall–Kier alpha value is -1.74. The Morgan fingerprint density at radius 3 is 2.76 bits per heavy atom. The molecule has 8 heteroatoms. The van der Waals surface area contributed by atoms with Gasteiger partial charge in [-0.1, -0.05) is 36.4 Å². The first-order valence-corrected chi connectivity index (χ1v) is 9.76. The lowest BCUT2D eigenvalue weighted by molar-refractivity contribution is -0.149. The molecule has 2 atom stereocenters. The smallest absolute Gasteiger partial charge is 0.317 e. The molecule has 1 aliphatic carbocycles. The van der Waals surface area contributed by atoms with E-state index in [1.54, 1.807) is 6.08 Å². The molecule has 2 aliphatic rings. The largest absolute Gasteiger partial charge is 0.459 e. The maximum Gasteiger partial charge on any atom is 0.317 e. The van der Waals surface area contributed by atoms with E-state index in [1.165, 1.54) is 0 Å². The molecule has 2 unspecified atom stereocenters. The average Bonchev–Trinajstić information content (AvgIpc) is 2.98. The van der Waals surface area contributed by atoms with Crippen LogP contribution < -0.4 is 0 Å². The van der Waals surface area contributed by atoms with Crippen LogP contribution in [0.4, 0.5) is 0 Å². The van der Waals surface area contributed by atoms with Crippen molar-refractivity contribution in [2.75, 3.05) is 38.6 Å². The highest BCUT2D eigenvalue weighted by atomic mass is 32.2. The van der Waals surface area contributed by atoms with Gasteiger partial charge < -0.3 is 9.47 Å². The molecular weight excluding hydrogens is 346 g/mol. The molecule has 1 aromatic carbocycles. The molecule has 0 radical (unpaired) electrons. The summed E-state index contributed by atoms with van der Waals surface area (Å²) in [6.45, 7) is 2.60. The summed E-state index contributed by atoms with van der Waals surface area (Å²) >= 11 is 0. The number of hydrogen-bond donors (Lipinski definition) is 1. The molecule has 3 rings (SSSR count). The van der Waals surface area contributed by atoms with Crippen LogP contribution in [0.1, 0.15) is 17.0 Å². The Morgan fingerprint density at radius 1 is 1.32 bits per heavy atom. The van der Waals surface area contributed by atoms with Crippen LogP contribution >= 0.6 is 0 Å². The quantitative estimate of drug-likeness (QED) is 0.590. The molecule has 1 aliphatic heterocycles. The maximum atomic E-state index is 12.6. The van der Waals surface area contributed by atoms with Crippen molar-refractivity contribution < 1.29 is 27.2 Å². The molecule has 0 aromatic heterocycles. The SMILES string of the molecule is O=C(OC(CN1CCOCC1)CS(=O)(=O)O)C1C=Cc2ccccc21. The molecule has 136 valence electrons. The van der Waals surface area contributed by atoms with E-state index in [0.29, 0.717) is 26.3 Å². The molecular formula is C17H21NO6S. The van der Waals surface area contributed by atoms with Crippen molar-refractivity contribution in [3.63, 3.8) is 0 Å². The predicted octanol–water partition coefficient (Wildman–Crippen LogP) is 0.929. The first-order chi connectivity index (χ1) is 11.9. The zero-order valence-electron chi connectivity index (χ0n) is 13.7. The normalized spacial score (nSPS) is 21.7. The second-order valence-electron chi connectivity index (χ2n) is 6.19. The number of fused-ring (bicyclic) bond motifs is 1. The molecule has 1 heterocycles. The van der Waals surface area contributed by atoms with E-state index >= 15 is 0 Å². The van der Waals surface area contributed by atoms with Crippen molar-refractivity contribution in [3.8, 4) is 0 Å². The van der Waals surface area contributed by atoms with Gasteiger partial charge >= 0.3 is 5.97 Å². The zero-order chi connectivity index (χ0) is 17.9. The van der Waals surface area contributed by atoms with Crippen LogP contribution in [0.3, 0.4) is 0 Å². The summed E-state index contributed by atoms with van der Waals surface area (Å²) in [7, 11) is -4.26. The number of rotatable bonds is 6. The number of carbonyl (C=O) groups excluding carboxylic acids is 1. The van der Waals surface area contributed by atoms with E-state index < -0.39 is 33.9 Å². The van der Waals surface area contributed by atoms with Crippen molar-refractivity contribution in [2.24, 2.45) is 0 Å². The summed E-state index contributed by atoms with van der Waals surface area (Å²) < 4.78 is 42.5. The topological polar surface area (TPSA) is 93.1 Å². The van der Waals surface area contributed by atoms with Gasteiger partial charge in [0.2, 0.25) is 0 Å². The van der Waals surface area contributed by atoms with Crippen LogP contribution in [0.2, 0.25) is 0 Å². The van der Waals surface area contributed by atoms with Crippen LogP contribution in [0.5, 0.6) is 0 Å². The molecule has 1 aromatic rings. The number of ether oxygens (including phenoxy) is 2. The lowest BCUT2D eigenvalue weighted by Gasteiger charge is -2.30. The molecule has 7 nitrogen and oxygen atoms in total. The summed E-state index contributed by atoms with van der Waals surface area (Å²) in [6.07, 6.45) is 2.66. The van der Waals surface area contributed by atoms with Crippen LogP contribution in [-0.2, 0) is 24.4 Å². The molecule has 0 bridgehead atoms. The van der Waals surface area contributed by atoms with Gasteiger partial charge in [0.25, 0.3) is 10.1 Å². The second-order valence-corrected chi connectivity index (χ2v) is 7.68. The zero-order valence-corrected chi connectivity index (χ0v) is 14.5. The summed E-state index contributed by atoms with van der Waals surface area (Å²) in [5, 5.41) is 0. The van der Waals surface area contributed by atoms with E-state index in [0.717, 1.165) is 11.1 Å². The van der Waals surface area contributed by atoms with Crippen molar-refractivity contribution in [3.05, 3.63) is 41.5 Å². The first kappa shape index (κ1) is 18.1. The van der Waals surface area contributed by atoms with Crippen LogP contribution in [0.15, 0.2) is 30.3 Å². The minimum Gasteiger partial charge on any atom is -0.459 e. The van der Waals surface area contributed by atoms with E-state index in [9.17, 15) is 17.8 Å². The van der Waals surface area contributed by atoms with Gasteiger partial charge in [-0.3, -0.25) is 14.2 Å². The number of morpholine rings is 1. The lowest BCUT2D eigenvalue weighted by atomic mass is 10.0. The Morgan fingerprint density at radius 2 is 2.04 bits per heavy atom. The fourth-order valence-corrected chi connectivity index (χ4v) is 3.77. The van der Waals surface area contributed by atoms with Gasteiger partial charge in [0.15, 0.2) is 0 Å². The maximum absolute atomic E-state index is 12.6. The van der Waals surface area contributed by atoms with Gasteiger partial charge in [-0.15, -0.1) is 0 Å². The average molecular weight is 367 g/mol. The van der Waals surface area contributed by atoms with Crippen LogP contribution in [0, 0.1) is 0 Å². The lowest BCUT2D eigenvalue weighted by Crippen LogP contribution is -2.44. The highest BCUT2D eigenvalue weighted by molar-refractivity contribution is 7.85. The number of hydrogen-bond acceptors (Lipinski definition) is 6. The Labute approximate surface area is 147 Å². The molecule has 0 saturated carbocycles. The van der Waals surface area contributed by atoms with E-state index in [2.05, 4.69) is 0 Å². The molecule has 25 heavy (non-hydrogen) atoms. The van der Waals surface area contributed by atoms with Crippen molar-refractivity contribution in [1.82, 2.24) is 4.90 Å². The van der Waals surface area contributed by atoms with Gasteiger partial charge in [-0.05, 0) is 11.1 Å². The van der Waals surface area contributed by atoms with Gasteiger partial charge in [-0.25, -0.2) is 0 Å². The Bertz CT molecular complexity index is 754. The van der Waals surface area contributed by atoms with Gasteiger partial charge in [0, 0.05) is 19.6 Å². The minimum atomic E-state index is -4.26. The van der Waals surface area contributed by atoms with Crippen molar-refractivity contribution in [1.29, 1.82) is 0 Å². The third-order valence-corrected chi connectivity index (χ3v) is 5.09. The Kier molecular flexibility index (Phi) is 5.53. The molecule has 1 fully saturated rings. The molecule has 0 amide bonds. The first-order valence-electron chi connectivity index (χ1n) is 8.15. The number of benzene rings is 1. The van der Waals surface area contributed by atoms with Crippen molar-refractivity contribution in [2.45, 2.75) is 12.0 Å². The number of nitrogens with zero attached hydrogens (tertiary/aromatic N) is 1. The van der Waals surface area contributed by atoms with Gasteiger partial charge in [-0.2, -0.15) is 8.42 Å². The van der Waals surface area contributed by atoms with E-state index in [-0.39, 0.29) is 6.54 Å². The third-order valence-electron chi connectivity index (χ3n) is 4.30. The van der Waals surface area contributed by atoms with Crippen LogP contribution in [-0.4, -0.2) is 68.5 Å². The molecule has 0 spiro atoms. The monoisotopic (exact) mass is 367 g/mol. The highest BCUT2D eigenvalue weighted by Crippen LogP contribution is 2.31. The summed E-state index contributed by atoms with van der Waals surface area (Å²) in [6, 6.07) is 7.48. The standard InChI is InChI=1S/C17H21NO6S/c19-17(16-6-5-13-3-1-2-4-15(13)16)24-14(12-25(20,21)22)11-18-7-9-23-10-8-18/h1-6,14,16H,7-12H2,(H,20,21,22). The predicted molar refractivity (Wildman–Crippen MR) is 91.8 cm³/mol. The van der Waals surface area contributed by atoms with Gasteiger partial charge in [0.05, 0.1) is 13.2 Å². The highest BCUT2D eigenvalue weighted by Gasteiger charge is 2.30. The fourth-order valence-electron chi connectivity index (χ4n) is 3.12. The second kappa shape index (κ2) is 7.65. The number of carbonyl (C=O) groups is 1. The third kappa shape index (κ3) is 4.88. The minimum absolute atomic E-state index is 0.243. The molecule has 1 saturated heterocycles. The van der Waals surface area contributed by atoms with Crippen molar-refractivity contribution >= 4 is 22.2 Å². The van der Waals surface area contributed by atoms with E-state index in [1.807, 2.05) is 35.2 Å². The van der Waals surface area contributed by atoms with Crippen LogP contribution in [0.25, 0.3) is 6.08 Å². The van der Waals surface area contributed by atoms with Gasteiger partial charge in [0.1, 0.15) is 17.8 Å². The summed E-state index contributed by atoms with van der Waals surface area (Å²) in [5.74, 6) is -1.68. The summed E-state index contributed by atoms with van der Waals surface area (Å²) in [4.78, 5) is 14.5. The fraction of sp³-hybridized carbons (Fsp3) is 0.471. The Balaban J connectivity index is 1.69. The summed E-state index contributed by atoms with van der Waals surface area (Å²) in [5.41, 5.74) is 1.79.